The van der Waals surface area contributed by atoms with E-state index in [1.807, 2.05) is 6.07 Å². The molecule has 0 heterocycles. The van der Waals surface area contributed by atoms with Gasteiger partial charge in [-0.1, -0.05) is 24.3 Å². The minimum Gasteiger partial charge on any atom is -0.465 e. The lowest BCUT2D eigenvalue weighted by atomic mass is 10.2. The molecule has 3 N–H and O–H groups in total. The van der Waals surface area contributed by atoms with Crippen LogP contribution in [0.25, 0.3) is 0 Å². The quantitative estimate of drug-likeness (QED) is 0.734. The van der Waals surface area contributed by atoms with Crippen LogP contribution in [-0.2, 0) is 9.53 Å². The number of nitrogens with one attached hydrogen (secondary N) is 3. The summed E-state index contributed by atoms with van der Waals surface area (Å²) in [6.07, 6.45) is 0. The van der Waals surface area contributed by atoms with Crippen molar-refractivity contribution in [3.8, 4) is 0 Å². The highest BCUT2D eigenvalue weighted by atomic mass is 16.5. The number of benzene rings is 2. The Balaban J connectivity index is 1.83. The molecular weight excluding hydrogens is 310 g/mol. The second-order valence-corrected chi connectivity index (χ2v) is 4.79. The summed E-state index contributed by atoms with van der Waals surface area (Å²) in [5, 5.41) is 7.64. The molecule has 0 saturated heterocycles. The molecular formula is C17H17N3O4. The number of amides is 3. The average molecular weight is 327 g/mol. The number of urea groups is 1. The Bertz CT molecular complexity index is 732. The summed E-state index contributed by atoms with van der Waals surface area (Å²) in [5.74, 6) is -0.910. The molecule has 24 heavy (non-hydrogen) atoms. The molecule has 0 fully saturated rings. The third-order valence-electron chi connectivity index (χ3n) is 3.01. The average Bonchev–Trinajstić information content (AvgIpc) is 2.60. The highest BCUT2D eigenvalue weighted by Gasteiger charge is 2.09. The fourth-order valence-corrected chi connectivity index (χ4v) is 1.90. The predicted octanol–water partition coefficient (Wildman–Crippen LogP) is 2.23. The molecule has 0 bridgehead atoms. The molecule has 124 valence electrons. The Morgan fingerprint density at radius 1 is 0.917 bits per heavy atom. The van der Waals surface area contributed by atoms with E-state index < -0.39 is 17.9 Å². The molecule has 2 aromatic carbocycles. The summed E-state index contributed by atoms with van der Waals surface area (Å²) < 4.78 is 4.61. The van der Waals surface area contributed by atoms with Crippen LogP contribution >= 0.6 is 0 Å². The van der Waals surface area contributed by atoms with Gasteiger partial charge in [0, 0.05) is 11.4 Å². The maximum absolute atomic E-state index is 11.9. The molecule has 0 aliphatic rings. The van der Waals surface area contributed by atoms with E-state index in [1.54, 1.807) is 42.5 Å². The van der Waals surface area contributed by atoms with Crippen molar-refractivity contribution in [2.24, 2.45) is 0 Å². The van der Waals surface area contributed by atoms with E-state index in [9.17, 15) is 14.4 Å². The number of methoxy groups -OCH3 is 1. The number of para-hydroxylation sites is 1. The zero-order valence-electron chi connectivity index (χ0n) is 13.0. The minimum absolute atomic E-state index is 0.207. The van der Waals surface area contributed by atoms with Gasteiger partial charge in [-0.05, 0) is 30.3 Å². The third kappa shape index (κ3) is 5.13. The number of anilines is 2. The van der Waals surface area contributed by atoms with E-state index in [0.29, 0.717) is 16.9 Å². The minimum atomic E-state index is -0.494. The second kappa shape index (κ2) is 8.33. The Labute approximate surface area is 139 Å². The first-order valence-electron chi connectivity index (χ1n) is 7.16. The number of ether oxygens (including phenoxy) is 1. The number of carbonyl (C=O) groups is 3. The first kappa shape index (κ1) is 17.0. The van der Waals surface area contributed by atoms with Gasteiger partial charge in [0.1, 0.15) is 0 Å². The number of hydrogen-bond donors (Lipinski definition) is 3. The molecule has 0 spiro atoms. The highest BCUT2D eigenvalue weighted by Crippen LogP contribution is 2.11. The monoisotopic (exact) mass is 327 g/mol. The SMILES string of the molecule is COC(=O)c1cccc(NC(=O)CNC(=O)Nc2ccccc2)c1. The van der Waals surface area contributed by atoms with Gasteiger partial charge >= 0.3 is 12.0 Å². The molecule has 0 radical (unpaired) electrons. The molecule has 0 saturated carbocycles. The van der Waals surface area contributed by atoms with E-state index >= 15 is 0 Å². The van der Waals surface area contributed by atoms with Gasteiger partial charge < -0.3 is 20.7 Å². The summed E-state index contributed by atoms with van der Waals surface area (Å²) in [6.45, 7) is -0.207. The second-order valence-electron chi connectivity index (χ2n) is 4.79. The van der Waals surface area contributed by atoms with Crippen LogP contribution in [0.4, 0.5) is 16.2 Å². The molecule has 2 aromatic rings. The van der Waals surface area contributed by atoms with Gasteiger partial charge in [0.15, 0.2) is 0 Å². The van der Waals surface area contributed by atoms with E-state index in [-0.39, 0.29) is 6.54 Å². The largest absolute Gasteiger partial charge is 0.465 e. The first-order chi connectivity index (χ1) is 11.6. The van der Waals surface area contributed by atoms with Crippen molar-refractivity contribution in [3.05, 3.63) is 60.2 Å². The topological polar surface area (TPSA) is 96.5 Å². The van der Waals surface area contributed by atoms with E-state index in [1.165, 1.54) is 13.2 Å². The molecule has 2 rings (SSSR count). The molecule has 3 amide bonds. The van der Waals surface area contributed by atoms with Gasteiger partial charge in [-0.25, -0.2) is 9.59 Å². The molecule has 0 aromatic heterocycles. The van der Waals surface area contributed by atoms with Crippen LogP contribution in [0.5, 0.6) is 0 Å². The summed E-state index contributed by atoms with van der Waals surface area (Å²) in [6, 6.07) is 14.7. The normalized spacial score (nSPS) is 9.71. The zero-order valence-corrected chi connectivity index (χ0v) is 13.0. The number of carbonyl (C=O) groups excluding carboxylic acids is 3. The molecule has 0 aliphatic heterocycles. The van der Waals surface area contributed by atoms with Gasteiger partial charge in [0.2, 0.25) is 5.91 Å². The lowest BCUT2D eigenvalue weighted by Gasteiger charge is -2.09. The summed E-state index contributed by atoms with van der Waals surface area (Å²) >= 11 is 0. The number of rotatable bonds is 5. The molecule has 7 nitrogen and oxygen atoms in total. The summed E-state index contributed by atoms with van der Waals surface area (Å²) in [4.78, 5) is 35.0. The first-order valence-corrected chi connectivity index (χ1v) is 7.16. The Kier molecular flexibility index (Phi) is 5.90. The van der Waals surface area contributed by atoms with Crippen LogP contribution in [-0.4, -0.2) is 31.6 Å². The van der Waals surface area contributed by atoms with Crippen LogP contribution in [0.1, 0.15) is 10.4 Å². The Morgan fingerprint density at radius 3 is 2.33 bits per heavy atom. The van der Waals surface area contributed by atoms with Gasteiger partial charge in [-0.2, -0.15) is 0 Å². The van der Waals surface area contributed by atoms with Crippen molar-refractivity contribution in [1.82, 2.24) is 5.32 Å². The van der Waals surface area contributed by atoms with Crippen molar-refractivity contribution in [1.29, 1.82) is 0 Å². The van der Waals surface area contributed by atoms with Crippen molar-refractivity contribution >= 4 is 29.3 Å². The highest BCUT2D eigenvalue weighted by molar-refractivity contribution is 5.98. The molecule has 0 aliphatic carbocycles. The van der Waals surface area contributed by atoms with Crippen molar-refractivity contribution in [3.63, 3.8) is 0 Å². The van der Waals surface area contributed by atoms with E-state index in [4.69, 9.17) is 0 Å². The van der Waals surface area contributed by atoms with Gasteiger partial charge in [0.25, 0.3) is 0 Å². The molecule has 0 unspecified atom stereocenters. The van der Waals surface area contributed by atoms with E-state index in [2.05, 4.69) is 20.7 Å². The fraction of sp³-hybridized carbons (Fsp3) is 0.118. The smallest absolute Gasteiger partial charge is 0.337 e. The lowest BCUT2D eigenvalue weighted by molar-refractivity contribution is -0.115. The van der Waals surface area contributed by atoms with Gasteiger partial charge in [0.05, 0.1) is 19.2 Å². The maximum Gasteiger partial charge on any atom is 0.337 e. The third-order valence-corrected chi connectivity index (χ3v) is 3.01. The van der Waals surface area contributed by atoms with E-state index in [0.717, 1.165) is 0 Å². The number of esters is 1. The van der Waals surface area contributed by atoms with Crippen LogP contribution in [0, 0.1) is 0 Å². The maximum atomic E-state index is 11.9. The van der Waals surface area contributed by atoms with Gasteiger partial charge in [-0.15, -0.1) is 0 Å². The molecule has 0 atom stereocenters. The van der Waals surface area contributed by atoms with Crippen LogP contribution in [0.15, 0.2) is 54.6 Å². The van der Waals surface area contributed by atoms with Crippen LogP contribution < -0.4 is 16.0 Å². The van der Waals surface area contributed by atoms with Crippen molar-refractivity contribution in [2.75, 3.05) is 24.3 Å². The van der Waals surface area contributed by atoms with Crippen LogP contribution in [0.3, 0.4) is 0 Å². The van der Waals surface area contributed by atoms with Crippen molar-refractivity contribution < 1.29 is 19.1 Å². The van der Waals surface area contributed by atoms with Crippen LogP contribution in [0.2, 0.25) is 0 Å². The lowest BCUT2D eigenvalue weighted by Crippen LogP contribution is -2.35. The Morgan fingerprint density at radius 2 is 1.62 bits per heavy atom. The summed E-state index contributed by atoms with van der Waals surface area (Å²) in [5.41, 5.74) is 1.39. The van der Waals surface area contributed by atoms with Gasteiger partial charge in [-0.3, -0.25) is 4.79 Å². The standard InChI is InChI=1S/C17H17N3O4/c1-24-16(22)12-6-5-9-14(10-12)19-15(21)11-18-17(23)20-13-7-3-2-4-8-13/h2-10H,11H2,1H3,(H,19,21)(H2,18,20,23). The molecule has 7 heteroatoms. The fourth-order valence-electron chi connectivity index (χ4n) is 1.90. The summed E-state index contributed by atoms with van der Waals surface area (Å²) in [7, 11) is 1.28. The predicted molar refractivity (Wildman–Crippen MR) is 89.9 cm³/mol. The number of hydrogen-bond acceptors (Lipinski definition) is 4. The van der Waals surface area contributed by atoms with Crippen molar-refractivity contribution in [2.45, 2.75) is 0 Å². The zero-order chi connectivity index (χ0) is 17.4. The Hall–Kier alpha value is -3.35.